The van der Waals surface area contributed by atoms with Gasteiger partial charge >= 0.3 is 0 Å². The smallest absolute Gasteiger partial charge is 0.134 e. The van der Waals surface area contributed by atoms with Crippen molar-refractivity contribution in [3.63, 3.8) is 0 Å². The Kier molecular flexibility index (Phi) is 3.24. The third-order valence-corrected chi connectivity index (χ3v) is 4.18. The first-order valence-corrected chi connectivity index (χ1v) is 7.50. The molecule has 1 aliphatic carbocycles. The highest BCUT2D eigenvalue weighted by atomic mass is 16.5. The first kappa shape index (κ1) is 12.7. The molecule has 2 atom stereocenters. The van der Waals surface area contributed by atoms with E-state index in [0.29, 0.717) is 18.4 Å². The van der Waals surface area contributed by atoms with Crippen LogP contribution in [0.4, 0.5) is 0 Å². The Hall–Kier alpha value is -2.06. The molecule has 0 N–H and O–H groups in total. The number of rotatable bonds is 5. The zero-order chi connectivity index (χ0) is 14.1. The average Bonchev–Trinajstić information content (AvgIpc) is 3.17. The lowest BCUT2D eigenvalue weighted by Gasteiger charge is -2.03. The third kappa shape index (κ3) is 2.72. The molecule has 2 heteroatoms. The van der Waals surface area contributed by atoms with Crippen molar-refractivity contribution in [2.24, 2.45) is 5.92 Å². The molecule has 0 unspecified atom stereocenters. The molecule has 2 aromatic carbocycles. The Bertz CT molecular complexity index is 696. The lowest BCUT2D eigenvalue weighted by Crippen LogP contribution is -1.98. The number of para-hydroxylation sites is 1. The van der Waals surface area contributed by atoms with E-state index < -0.39 is 0 Å². The van der Waals surface area contributed by atoms with Crippen LogP contribution in [0.1, 0.15) is 23.7 Å². The van der Waals surface area contributed by atoms with Crippen LogP contribution >= 0.6 is 0 Å². The molecule has 0 bridgehead atoms. The predicted octanol–water partition coefficient (Wildman–Crippen LogP) is 4.75. The standard InChI is InChI=1S/C19H18O2/c1-2-6-14(7-3-1)12-20-13-16-10-17(16)19-11-15-8-4-5-9-18(15)21-19/h1-9,11,16-17H,10,12-13H2/t16-,17-/m0/s1. The highest BCUT2D eigenvalue weighted by Gasteiger charge is 2.40. The molecule has 0 radical (unpaired) electrons. The molecule has 2 nitrogen and oxygen atoms in total. The molecule has 0 saturated heterocycles. The fourth-order valence-corrected chi connectivity index (χ4v) is 2.87. The van der Waals surface area contributed by atoms with E-state index in [1.54, 1.807) is 0 Å². The van der Waals surface area contributed by atoms with Gasteiger partial charge < -0.3 is 9.15 Å². The fraction of sp³-hybridized carbons (Fsp3) is 0.263. The van der Waals surface area contributed by atoms with Gasteiger partial charge in [-0.2, -0.15) is 0 Å². The Morgan fingerprint density at radius 2 is 1.81 bits per heavy atom. The van der Waals surface area contributed by atoms with Crippen molar-refractivity contribution >= 4 is 11.0 Å². The van der Waals surface area contributed by atoms with Crippen molar-refractivity contribution < 1.29 is 9.15 Å². The van der Waals surface area contributed by atoms with E-state index in [0.717, 1.165) is 18.0 Å². The van der Waals surface area contributed by atoms with E-state index in [1.165, 1.54) is 17.4 Å². The molecule has 1 aromatic heterocycles. The maximum Gasteiger partial charge on any atom is 0.134 e. The molecule has 0 aliphatic heterocycles. The second-order valence-corrected chi connectivity index (χ2v) is 5.79. The van der Waals surface area contributed by atoms with Crippen molar-refractivity contribution in [3.8, 4) is 0 Å². The number of fused-ring (bicyclic) bond motifs is 1. The quantitative estimate of drug-likeness (QED) is 0.671. The second-order valence-electron chi connectivity index (χ2n) is 5.79. The number of ether oxygens (including phenoxy) is 1. The van der Waals surface area contributed by atoms with E-state index in [2.05, 4.69) is 30.3 Å². The van der Waals surface area contributed by atoms with Gasteiger partial charge in [0.2, 0.25) is 0 Å². The molecule has 1 saturated carbocycles. The topological polar surface area (TPSA) is 22.4 Å². The van der Waals surface area contributed by atoms with Crippen LogP contribution in [-0.4, -0.2) is 6.61 Å². The van der Waals surface area contributed by atoms with Crippen LogP contribution in [0.25, 0.3) is 11.0 Å². The van der Waals surface area contributed by atoms with Gasteiger partial charge in [0.05, 0.1) is 13.2 Å². The van der Waals surface area contributed by atoms with E-state index >= 15 is 0 Å². The molecule has 0 amide bonds. The molecular formula is C19H18O2. The van der Waals surface area contributed by atoms with Crippen molar-refractivity contribution in [1.82, 2.24) is 0 Å². The molecule has 0 spiro atoms. The summed E-state index contributed by atoms with van der Waals surface area (Å²) in [6, 6.07) is 20.7. The number of hydrogen-bond donors (Lipinski definition) is 0. The Morgan fingerprint density at radius 3 is 2.67 bits per heavy atom. The average molecular weight is 278 g/mol. The van der Waals surface area contributed by atoms with Gasteiger partial charge in [-0.05, 0) is 30.0 Å². The maximum atomic E-state index is 5.93. The summed E-state index contributed by atoms with van der Waals surface area (Å²) in [4.78, 5) is 0. The fourth-order valence-electron chi connectivity index (χ4n) is 2.87. The van der Waals surface area contributed by atoms with Crippen LogP contribution in [0, 0.1) is 5.92 Å². The number of benzene rings is 2. The maximum absolute atomic E-state index is 5.93. The highest BCUT2D eigenvalue weighted by molar-refractivity contribution is 5.77. The van der Waals surface area contributed by atoms with Gasteiger partial charge in [-0.15, -0.1) is 0 Å². The van der Waals surface area contributed by atoms with Crippen molar-refractivity contribution in [2.75, 3.05) is 6.61 Å². The summed E-state index contributed by atoms with van der Waals surface area (Å²) in [5, 5.41) is 1.20. The molecule has 21 heavy (non-hydrogen) atoms. The van der Waals surface area contributed by atoms with E-state index in [9.17, 15) is 0 Å². The molecular weight excluding hydrogens is 260 g/mol. The summed E-state index contributed by atoms with van der Waals surface area (Å²) in [6.45, 7) is 1.51. The lowest BCUT2D eigenvalue weighted by atomic mass is 10.2. The summed E-state index contributed by atoms with van der Waals surface area (Å²) in [5.74, 6) is 2.26. The minimum Gasteiger partial charge on any atom is -0.461 e. The summed E-state index contributed by atoms with van der Waals surface area (Å²) in [7, 11) is 0. The van der Waals surface area contributed by atoms with Gasteiger partial charge in [0.1, 0.15) is 11.3 Å². The minimum absolute atomic E-state index is 0.535. The molecule has 1 aliphatic rings. The minimum atomic E-state index is 0.535. The number of furan rings is 1. The molecule has 1 heterocycles. The van der Waals surface area contributed by atoms with Crippen LogP contribution in [0.5, 0.6) is 0 Å². The van der Waals surface area contributed by atoms with Gasteiger partial charge in [0, 0.05) is 11.3 Å². The number of hydrogen-bond acceptors (Lipinski definition) is 2. The van der Waals surface area contributed by atoms with Crippen LogP contribution in [0.2, 0.25) is 0 Å². The van der Waals surface area contributed by atoms with E-state index in [4.69, 9.17) is 9.15 Å². The summed E-state index contributed by atoms with van der Waals surface area (Å²) in [5.41, 5.74) is 2.22. The highest BCUT2D eigenvalue weighted by Crippen LogP contribution is 2.48. The second kappa shape index (κ2) is 5.38. The Balaban J connectivity index is 1.33. The normalized spacial score (nSPS) is 20.8. The van der Waals surface area contributed by atoms with E-state index in [-0.39, 0.29) is 0 Å². The monoisotopic (exact) mass is 278 g/mol. The van der Waals surface area contributed by atoms with E-state index in [1.807, 2.05) is 30.3 Å². The van der Waals surface area contributed by atoms with Gasteiger partial charge in [0.15, 0.2) is 0 Å². The van der Waals surface area contributed by atoms with Crippen LogP contribution in [0.15, 0.2) is 65.1 Å². The van der Waals surface area contributed by atoms with Gasteiger partial charge in [-0.1, -0.05) is 48.5 Å². The molecule has 106 valence electrons. The lowest BCUT2D eigenvalue weighted by molar-refractivity contribution is 0.109. The van der Waals surface area contributed by atoms with Crippen LogP contribution in [-0.2, 0) is 11.3 Å². The van der Waals surface area contributed by atoms with Gasteiger partial charge in [-0.25, -0.2) is 0 Å². The predicted molar refractivity (Wildman–Crippen MR) is 83.2 cm³/mol. The largest absolute Gasteiger partial charge is 0.461 e. The van der Waals surface area contributed by atoms with Crippen molar-refractivity contribution in [2.45, 2.75) is 18.9 Å². The van der Waals surface area contributed by atoms with Crippen molar-refractivity contribution in [3.05, 3.63) is 72.0 Å². The first-order chi connectivity index (χ1) is 10.4. The van der Waals surface area contributed by atoms with Gasteiger partial charge in [-0.3, -0.25) is 0 Å². The van der Waals surface area contributed by atoms with Gasteiger partial charge in [0.25, 0.3) is 0 Å². The molecule has 4 rings (SSSR count). The zero-order valence-corrected chi connectivity index (χ0v) is 11.9. The van der Waals surface area contributed by atoms with Crippen molar-refractivity contribution in [1.29, 1.82) is 0 Å². The summed E-state index contributed by atoms with van der Waals surface area (Å²) < 4.78 is 11.8. The SMILES string of the molecule is c1ccc(COC[C@@H]2C[C@@H]2c2cc3ccccc3o2)cc1. The summed E-state index contributed by atoms with van der Waals surface area (Å²) in [6.07, 6.45) is 1.18. The zero-order valence-electron chi connectivity index (χ0n) is 11.9. The summed E-state index contributed by atoms with van der Waals surface area (Å²) >= 11 is 0. The van der Waals surface area contributed by atoms with Crippen LogP contribution < -0.4 is 0 Å². The molecule has 1 fully saturated rings. The Morgan fingerprint density at radius 1 is 1.00 bits per heavy atom. The third-order valence-electron chi connectivity index (χ3n) is 4.18. The Labute approximate surface area is 124 Å². The first-order valence-electron chi connectivity index (χ1n) is 7.50. The molecule has 3 aromatic rings. The van der Waals surface area contributed by atoms with Crippen LogP contribution in [0.3, 0.4) is 0 Å².